The highest BCUT2D eigenvalue weighted by Gasteiger charge is 2.14. The van der Waals surface area contributed by atoms with Gasteiger partial charge in [0.2, 0.25) is 0 Å². The molecule has 0 bridgehead atoms. The van der Waals surface area contributed by atoms with Crippen molar-refractivity contribution in [3.8, 4) is 5.75 Å². The van der Waals surface area contributed by atoms with E-state index in [9.17, 15) is 4.79 Å². The van der Waals surface area contributed by atoms with Gasteiger partial charge in [-0.25, -0.2) is 0 Å². The number of methoxy groups -OCH3 is 1. The van der Waals surface area contributed by atoms with E-state index in [-0.39, 0.29) is 11.9 Å². The highest BCUT2D eigenvalue weighted by molar-refractivity contribution is 6.17. The standard InChI is InChI=1S/C17H18ClNO2/c1-12(15-5-3-4-6-16(15)21-2)19-17(20)14-9-7-13(11-18)8-10-14/h3-10,12H,11H2,1-2H3,(H,19,20)/t12-/m0/s1. The Morgan fingerprint density at radius 1 is 1.19 bits per heavy atom. The molecule has 3 nitrogen and oxygen atoms in total. The Bertz CT molecular complexity index is 610. The third kappa shape index (κ3) is 3.76. The van der Waals surface area contributed by atoms with Crippen LogP contribution in [0.4, 0.5) is 0 Å². The Morgan fingerprint density at radius 3 is 2.48 bits per heavy atom. The second-order valence-corrected chi connectivity index (χ2v) is 5.03. The number of amides is 1. The molecular formula is C17H18ClNO2. The predicted octanol–water partition coefficient (Wildman–Crippen LogP) is 3.93. The van der Waals surface area contributed by atoms with E-state index in [4.69, 9.17) is 16.3 Å². The maximum atomic E-state index is 12.2. The van der Waals surface area contributed by atoms with E-state index in [1.165, 1.54) is 0 Å². The molecule has 21 heavy (non-hydrogen) atoms. The molecule has 0 aliphatic carbocycles. The van der Waals surface area contributed by atoms with Crippen LogP contribution in [0.1, 0.15) is 34.5 Å². The van der Waals surface area contributed by atoms with E-state index in [0.717, 1.165) is 16.9 Å². The summed E-state index contributed by atoms with van der Waals surface area (Å²) in [5.41, 5.74) is 2.56. The summed E-state index contributed by atoms with van der Waals surface area (Å²) in [7, 11) is 1.62. The van der Waals surface area contributed by atoms with E-state index in [1.54, 1.807) is 19.2 Å². The topological polar surface area (TPSA) is 38.3 Å². The SMILES string of the molecule is COc1ccccc1[C@H](C)NC(=O)c1ccc(CCl)cc1. The molecule has 0 aliphatic rings. The van der Waals surface area contributed by atoms with Crippen LogP contribution in [-0.4, -0.2) is 13.0 Å². The molecule has 0 fully saturated rings. The van der Waals surface area contributed by atoms with Crippen LogP contribution in [0.3, 0.4) is 0 Å². The largest absolute Gasteiger partial charge is 0.496 e. The molecule has 0 radical (unpaired) electrons. The van der Waals surface area contributed by atoms with Gasteiger partial charge in [-0.05, 0) is 30.7 Å². The van der Waals surface area contributed by atoms with Crippen molar-refractivity contribution in [3.05, 3.63) is 65.2 Å². The molecular weight excluding hydrogens is 286 g/mol. The summed E-state index contributed by atoms with van der Waals surface area (Å²) in [6.45, 7) is 1.93. The molecule has 0 saturated carbocycles. The van der Waals surface area contributed by atoms with Gasteiger partial charge in [-0.3, -0.25) is 4.79 Å². The maximum absolute atomic E-state index is 12.2. The van der Waals surface area contributed by atoms with E-state index >= 15 is 0 Å². The number of ether oxygens (including phenoxy) is 1. The van der Waals surface area contributed by atoms with E-state index < -0.39 is 0 Å². The zero-order valence-corrected chi connectivity index (χ0v) is 12.9. The maximum Gasteiger partial charge on any atom is 0.251 e. The van der Waals surface area contributed by atoms with Crippen molar-refractivity contribution in [1.29, 1.82) is 0 Å². The van der Waals surface area contributed by atoms with Gasteiger partial charge >= 0.3 is 0 Å². The average molecular weight is 304 g/mol. The smallest absolute Gasteiger partial charge is 0.251 e. The summed E-state index contributed by atoms with van der Waals surface area (Å²) in [6, 6.07) is 14.8. The Morgan fingerprint density at radius 2 is 1.86 bits per heavy atom. The summed E-state index contributed by atoms with van der Waals surface area (Å²) < 4.78 is 5.32. The lowest BCUT2D eigenvalue weighted by molar-refractivity contribution is 0.0939. The number of rotatable bonds is 5. The third-order valence-corrected chi connectivity index (χ3v) is 3.63. The molecule has 0 heterocycles. The second kappa shape index (κ2) is 7.14. The molecule has 4 heteroatoms. The average Bonchev–Trinajstić information content (AvgIpc) is 2.54. The summed E-state index contributed by atoms with van der Waals surface area (Å²) in [5.74, 6) is 1.09. The number of nitrogens with one attached hydrogen (secondary N) is 1. The predicted molar refractivity (Wildman–Crippen MR) is 84.9 cm³/mol. The van der Waals surface area contributed by atoms with Crippen molar-refractivity contribution in [3.63, 3.8) is 0 Å². The fourth-order valence-electron chi connectivity index (χ4n) is 2.13. The number of carbonyl (C=O) groups is 1. The Kier molecular flexibility index (Phi) is 5.23. The molecule has 1 N–H and O–H groups in total. The minimum atomic E-state index is -0.138. The fourth-order valence-corrected chi connectivity index (χ4v) is 2.31. The quantitative estimate of drug-likeness (QED) is 0.850. The van der Waals surface area contributed by atoms with Crippen LogP contribution in [0.15, 0.2) is 48.5 Å². The fraction of sp³-hybridized carbons (Fsp3) is 0.235. The molecule has 1 atom stereocenters. The summed E-state index contributed by atoms with van der Waals surface area (Å²) in [5, 5.41) is 2.97. The molecule has 0 saturated heterocycles. The molecule has 2 rings (SSSR count). The van der Waals surface area contributed by atoms with Crippen LogP contribution < -0.4 is 10.1 Å². The van der Waals surface area contributed by atoms with Crippen molar-refractivity contribution in [2.45, 2.75) is 18.8 Å². The molecule has 0 unspecified atom stereocenters. The highest BCUT2D eigenvalue weighted by Crippen LogP contribution is 2.24. The lowest BCUT2D eigenvalue weighted by atomic mass is 10.1. The number of alkyl halides is 1. The second-order valence-electron chi connectivity index (χ2n) is 4.77. The van der Waals surface area contributed by atoms with Crippen molar-refractivity contribution in [2.24, 2.45) is 0 Å². The number of hydrogen-bond donors (Lipinski definition) is 1. The zero-order valence-electron chi connectivity index (χ0n) is 12.1. The first-order valence-corrected chi connectivity index (χ1v) is 7.28. The minimum absolute atomic E-state index is 0.116. The van der Waals surface area contributed by atoms with Gasteiger partial charge in [-0.15, -0.1) is 11.6 Å². The Balaban J connectivity index is 2.11. The first kappa shape index (κ1) is 15.4. The summed E-state index contributed by atoms with van der Waals surface area (Å²) >= 11 is 5.74. The number of halogens is 1. The first-order valence-electron chi connectivity index (χ1n) is 6.74. The van der Waals surface area contributed by atoms with Crippen LogP contribution in [0.2, 0.25) is 0 Å². The van der Waals surface area contributed by atoms with Gasteiger partial charge in [0.15, 0.2) is 0 Å². The van der Waals surface area contributed by atoms with Crippen LogP contribution >= 0.6 is 11.6 Å². The number of para-hydroxylation sites is 1. The Hall–Kier alpha value is -2.00. The van der Waals surface area contributed by atoms with Crippen LogP contribution in [-0.2, 0) is 5.88 Å². The van der Waals surface area contributed by atoms with Gasteiger partial charge in [0, 0.05) is 17.0 Å². The van der Waals surface area contributed by atoms with Crippen LogP contribution in [0.5, 0.6) is 5.75 Å². The highest BCUT2D eigenvalue weighted by atomic mass is 35.5. The van der Waals surface area contributed by atoms with Gasteiger partial charge in [0.05, 0.1) is 13.2 Å². The third-order valence-electron chi connectivity index (χ3n) is 3.32. The molecule has 1 amide bonds. The lowest BCUT2D eigenvalue weighted by Gasteiger charge is -2.17. The molecule has 0 aliphatic heterocycles. The number of hydrogen-bond acceptors (Lipinski definition) is 2. The van der Waals surface area contributed by atoms with Crippen LogP contribution in [0.25, 0.3) is 0 Å². The van der Waals surface area contributed by atoms with E-state index in [1.807, 2.05) is 43.3 Å². The first-order chi connectivity index (χ1) is 10.2. The Labute approximate surface area is 129 Å². The van der Waals surface area contributed by atoms with Crippen molar-refractivity contribution in [1.82, 2.24) is 5.32 Å². The minimum Gasteiger partial charge on any atom is -0.496 e. The van der Waals surface area contributed by atoms with Gasteiger partial charge in [-0.1, -0.05) is 30.3 Å². The van der Waals surface area contributed by atoms with Gasteiger partial charge in [0.1, 0.15) is 5.75 Å². The van der Waals surface area contributed by atoms with Gasteiger partial charge in [0.25, 0.3) is 5.91 Å². The summed E-state index contributed by atoms with van der Waals surface area (Å²) in [6.07, 6.45) is 0. The van der Waals surface area contributed by atoms with Crippen molar-refractivity contribution in [2.75, 3.05) is 7.11 Å². The van der Waals surface area contributed by atoms with Crippen LogP contribution in [0, 0.1) is 0 Å². The molecule has 2 aromatic rings. The van der Waals surface area contributed by atoms with Gasteiger partial charge in [-0.2, -0.15) is 0 Å². The van der Waals surface area contributed by atoms with E-state index in [2.05, 4.69) is 5.32 Å². The summed E-state index contributed by atoms with van der Waals surface area (Å²) in [4.78, 5) is 12.2. The number of carbonyl (C=O) groups excluding carboxylic acids is 1. The molecule has 2 aromatic carbocycles. The zero-order chi connectivity index (χ0) is 15.2. The van der Waals surface area contributed by atoms with E-state index in [0.29, 0.717) is 11.4 Å². The number of benzene rings is 2. The van der Waals surface area contributed by atoms with Gasteiger partial charge < -0.3 is 10.1 Å². The molecule has 0 aromatic heterocycles. The lowest BCUT2D eigenvalue weighted by Crippen LogP contribution is -2.26. The molecule has 0 spiro atoms. The monoisotopic (exact) mass is 303 g/mol. The normalized spacial score (nSPS) is 11.8. The van der Waals surface area contributed by atoms with Crippen molar-refractivity contribution < 1.29 is 9.53 Å². The van der Waals surface area contributed by atoms with Crippen molar-refractivity contribution >= 4 is 17.5 Å². The molecule has 110 valence electrons.